The molecular weight excluding hydrogens is 426 g/mol. The van der Waals surface area contributed by atoms with Crippen molar-refractivity contribution in [2.24, 2.45) is 0 Å². The van der Waals surface area contributed by atoms with Gasteiger partial charge in [0.15, 0.2) is 0 Å². The van der Waals surface area contributed by atoms with E-state index in [2.05, 4.69) is 26.0 Å². The van der Waals surface area contributed by atoms with E-state index in [1.54, 1.807) is 38.4 Å². The first kappa shape index (κ1) is 22.1. The molecular formula is C18H21N7O5S. The molecule has 13 heteroatoms. The average Bonchev–Trinajstić information content (AvgIpc) is 3.24. The van der Waals surface area contributed by atoms with E-state index in [-0.39, 0.29) is 24.0 Å². The van der Waals surface area contributed by atoms with E-state index >= 15 is 0 Å². The predicted molar refractivity (Wildman–Crippen MR) is 110 cm³/mol. The van der Waals surface area contributed by atoms with Crippen LogP contribution in [0.1, 0.15) is 13.8 Å². The lowest BCUT2D eigenvalue weighted by atomic mass is 10.3. The van der Waals surface area contributed by atoms with Crippen molar-refractivity contribution in [3.05, 3.63) is 53.2 Å². The zero-order valence-corrected chi connectivity index (χ0v) is 17.7. The molecule has 0 bridgehead atoms. The smallest absolute Gasteiger partial charge is 0.313 e. The summed E-state index contributed by atoms with van der Waals surface area (Å²) in [6, 6.07) is 5.65. The van der Waals surface area contributed by atoms with Crippen LogP contribution < -0.4 is 16.4 Å². The number of hydrogen-bond donors (Lipinski definition) is 2. The van der Waals surface area contributed by atoms with Crippen molar-refractivity contribution in [2.75, 3.05) is 18.5 Å². The monoisotopic (exact) mass is 447 g/mol. The summed E-state index contributed by atoms with van der Waals surface area (Å²) < 4.78 is 32.5. The minimum absolute atomic E-state index is 0.0645. The second-order valence-electron chi connectivity index (χ2n) is 6.25. The Balaban J connectivity index is 1.67. The van der Waals surface area contributed by atoms with Gasteiger partial charge in [-0.25, -0.2) is 13.8 Å². The number of anilines is 1. The third kappa shape index (κ3) is 5.13. The van der Waals surface area contributed by atoms with Crippen molar-refractivity contribution in [2.45, 2.75) is 25.3 Å². The minimum atomic E-state index is -3.77. The zero-order chi connectivity index (χ0) is 22.4. The summed E-state index contributed by atoms with van der Waals surface area (Å²) in [7, 11) is -3.77. The second-order valence-corrected chi connectivity index (χ2v) is 8.19. The molecule has 0 unspecified atom stereocenters. The van der Waals surface area contributed by atoms with Crippen molar-refractivity contribution in [3.8, 4) is 11.4 Å². The molecule has 0 saturated carbocycles. The van der Waals surface area contributed by atoms with Crippen LogP contribution in [0.5, 0.6) is 0 Å². The lowest BCUT2D eigenvalue weighted by molar-refractivity contribution is -0.121. The lowest BCUT2D eigenvalue weighted by Gasteiger charge is -2.19. The minimum Gasteiger partial charge on any atom is -0.313 e. The van der Waals surface area contributed by atoms with Gasteiger partial charge in [-0.15, -0.1) is 0 Å². The summed E-state index contributed by atoms with van der Waals surface area (Å²) in [6.45, 7) is 3.59. The van der Waals surface area contributed by atoms with Crippen molar-refractivity contribution in [3.63, 3.8) is 0 Å². The summed E-state index contributed by atoms with van der Waals surface area (Å²) in [4.78, 5) is 32.2. The topological polar surface area (TPSA) is 152 Å². The highest BCUT2D eigenvalue weighted by molar-refractivity contribution is 7.89. The van der Waals surface area contributed by atoms with Crippen LogP contribution in [0.25, 0.3) is 11.4 Å². The number of amides is 1. The predicted octanol–water partition coefficient (Wildman–Crippen LogP) is 0.467. The van der Waals surface area contributed by atoms with E-state index in [9.17, 15) is 18.0 Å². The van der Waals surface area contributed by atoms with E-state index in [1.165, 1.54) is 10.4 Å². The molecule has 2 N–H and O–H groups in total. The largest absolute Gasteiger partial charge is 0.340 e. The van der Waals surface area contributed by atoms with Gasteiger partial charge in [0.1, 0.15) is 6.54 Å². The molecule has 12 nitrogen and oxygen atoms in total. The maximum Gasteiger partial charge on any atom is 0.340 e. The highest BCUT2D eigenvalue weighted by atomic mass is 32.2. The Morgan fingerprint density at radius 2 is 1.87 bits per heavy atom. The fourth-order valence-electron chi connectivity index (χ4n) is 2.71. The highest BCUT2D eigenvalue weighted by Crippen LogP contribution is 2.16. The van der Waals surface area contributed by atoms with Crippen LogP contribution in [0.15, 0.2) is 57.1 Å². The van der Waals surface area contributed by atoms with Gasteiger partial charge in [0.2, 0.25) is 15.8 Å². The molecule has 0 aromatic carbocycles. The van der Waals surface area contributed by atoms with Gasteiger partial charge < -0.3 is 9.09 Å². The molecule has 0 aliphatic carbocycles. The number of sulfonamides is 1. The highest BCUT2D eigenvalue weighted by Gasteiger charge is 2.22. The van der Waals surface area contributed by atoms with Crippen LogP contribution in [0.2, 0.25) is 0 Å². The molecule has 0 aliphatic rings. The van der Waals surface area contributed by atoms with Crippen molar-refractivity contribution in [1.82, 2.24) is 29.4 Å². The number of hydrogen-bond acceptors (Lipinski definition) is 9. The molecule has 31 heavy (non-hydrogen) atoms. The first-order valence-electron chi connectivity index (χ1n) is 9.34. The molecule has 0 saturated heterocycles. The Bertz CT molecular complexity index is 1200. The fourth-order valence-corrected chi connectivity index (χ4v) is 4.19. The number of hydrazine groups is 1. The van der Waals surface area contributed by atoms with Crippen molar-refractivity contribution < 1.29 is 17.7 Å². The Kier molecular flexibility index (Phi) is 6.77. The van der Waals surface area contributed by atoms with Crippen molar-refractivity contribution in [1.29, 1.82) is 0 Å². The number of nitrogens with zero attached hydrogens (tertiary/aromatic N) is 5. The SMILES string of the molecule is CCN(CC)S(=O)(=O)c1ccc(=O)n(CC(=O)NNc2nc(-c3ccncc3)no2)c1. The van der Waals surface area contributed by atoms with E-state index in [0.717, 1.165) is 16.8 Å². The zero-order valence-electron chi connectivity index (χ0n) is 16.8. The van der Waals surface area contributed by atoms with Gasteiger partial charge in [0.05, 0.1) is 4.90 Å². The first-order chi connectivity index (χ1) is 14.8. The van der Waals surface area contributed by atoms with Gasteiger partial charge in [0.25, 0.3) is 11.5 Å². The number of aromatic nitrogens is 4. The van der Waals surface area contributed by atoms with Crippen LogP contribution in [0.3, 0.4) is 0 Å². The van der Waals surface area contributed by atoms with E-state index in [4.69, 9.17) is 4.52 Å². The van der Waals surface area contributed by atoms with Crippen LogP contribution in [0.4, 0.5) is 6.01 Å². The molecule has 164 valence electrons. The molecule has 3 rings (SSSR count). The van der Waals surface area contributed by atoms with Crippen molar-refractivity contribution >= 4 is 21.9 Å². The van der Waals surface area contributed by atoms with Crippen LogP contribution >= 0.6 is 0 Å². The van der Waals surface area contributed by atoms with Gasteiger partial charge in [-0.2, -0.15) is 9.29 Å². The lowest BCUT2D eigenvalue weighted by Crippen LogP contribution is -2.36. The number of nitrogens with one attached hydrogen (secondary N) is 2. The quantitative estimate of drug-likeness (QED) is 0.446. The molecule has 0 radical (unpaired) electrons. The van der Waals surface area contributed by atoms with E-state index in [0.29, 0.717) is 11.4 Å². The van der Waals surface area contributed by atoms with Crippen LogP contribution in [-0.2, 0) is 21.4 Å². The standard InChI is InChI=1S/C18H21N7O5S/c1-3-25(4-2)31(28,29)14-5-6-16(27)24(11-14)12-15(26)21-22-18-20-17(23-30-18)13-7-9-19-10-8-13/h5-11H,3-4,12H2,1-2H3,(H,21,26)(H,20,22,23). The van der Waals surface area contributed by atoms with Gasteiger partial charge in [-0.05, 0) is 18.2 Å². The molecule has 1 amide bonds. The molecule has 0 aliphatic heterocycles. The van der Waals surface area contributed by atoms with E-state index in [1.807, 2.05) is 0 Å². The normalized spacial score (nSPS) is 11.5. The Morgan fingerprint density at radius 1 is 1.16 bits per heavy atom. The van der Waals surface area contributed by atoms with Gasteiger partial charge in [-0.1, -0.05) is 19.0 Å². The maximum absolute atomic E-state index is 12.6. The molecule has 3 aromatic rings. The summed E-state index contributed by atoms with van der Waals surface area (Å²) >= 11 is 0. The summed E-state index contributed by atoms with van der Waals surface area (Å²) in [5.74, 6) is -0.326. The third-order valence-corrected chi connectivity index (χ3v) is 6.32. The van der Waals surface area contributed by atoms with E-state index < -0.39 is 28.0 Å². The summed E-state index contributed by atoms with van der Waals surface area (Å²) in [6.07, 6.45) is 4.30. The Morgan fingerprint density at radius 3 is 2.55 bits per heavy atom. The molecule has 3 heterocycles. The van der Waals surface area contributed by atoms with Crippen LogP contribution in [-0.4, -0.2) is 51.4 Å². The average molecular weight is 447 g/mol. The first-order valence-corrected chi connectivity index (χ1v) is 10.8. The van der Waals surface area contributed by atoms with Gasteiger partial charge in [0, 0.05) is 43.3 Å². The molecule has 0 spiro atoms. The number of carbonyl (C=O) groups excluding carboxylic acids is 1. The Hall–Kier alpha value is -3.58. The number of carbonyl (C=O) groups is 1. The molecule has 0 atom stereocenters. The fraction of sp³-hybridized carbons (Fsp3) is 0.278. The maximum atomic E-state index is 12.6. The Labute approximate surface area is 177 Å². The van der Waals surface area contributed by atoms with Gasteiger partial charge in [-0.3, -0.25) is 20.0 Å². The number of rotatable bonds is 9. The summed E-state index contributed by atoms with van der Waals surface area (Å²) in [5, 5.41) is 3.78. The molecule has 3 aromatic heterocycles. The van der Waals surface area contributed by atoms with Crippen LogP contribution in [0, 0.1) is 0 Å². The second kappa shape index (κ2) is 9.49. The third-order valence-electron chi connectivity index (χ3n) is 4.29. The molecule has 0 fully saturated rings. The van der Waals surface area contributed by atoms with Gasteiger partial charge >= 0.3 is 6.01 Å². The number of pyridine rings is 2. The summed E-state index contributed by atoms with van der Waals surface area (Å²) in [5.41, 5.74) is 4.94.